The van der Waals surface area contributed by atoms with Crippen LogP contribution in [-0.2, 0) is 12.1 Å². The summed E-state index contributed by atoms with van der Waals surface area (Å²) >= 11 is 0. The average Bonchev–Trinajstić information content (AvgIpc) is 2.66. The quantitative estimate of drug-likeness (QED) is 0.916. The molecule has 1 aliphatic rings. The van der Waals surface area contributed by atoms with Crippen LogP contribution in [0.15, 0.2) is 48.5 Å². The Morgan fingerprint density at radius 3 is 2.15 bits per heavy atom. The van der Waals surface area contributed by atoms with Gasteiger partial charge in [-0.15, -0.1) is 0 Å². The van der Waals surface area contributed by atoms with E-state index in [0.29, 0.717) is 5.56 Å². The first kappa shape index (κ1) is 18.4. The predicted octanol–water partition coefficient (Wildman–Crippen LogP) is 3.54. The molecule has 0 bridgehead atoms. The fourth-order valence-corrected chi connectivity index (χ4v) is 4.11. The van der Waals surface area contributed by atoms with Gasteiger partial charge in [0.1, 0.15) is 5.75 Å². The maximum Gasteiger partial charge on any atom is 0.118 e. The monoisotopic (exact) mass is 350 g/mol. The first-order chi connectivity index (χ1) is 12.5. The molecular weight excluding hydrogens is 324 g/mol. The van der Waals surface area contributed by atoms with Crippen LogP contribution in [0.25, 0.3) is 0 Å². The highest BCUT2D eigenvalue weighted by atomic mass is 16.5. The lowest BCUT2D eigenvalue weighted by atomic mass is 9.70. The summed E-state index contributed by atoms with van der Waals surface area (Å²) in [6, 6.07) is 17.7. The molecule has 0 amide bonds. The molecule has 2 aromatic rings. The molecule has 1 N–H and O–H groups in total. The highest BCUT2D eigenvalue weighted by Crippen LogP contribution is 2.41. The Kier molecular flexibility index (Phi) is 5.31. The van der Waals surface area contributed by atoms with Crippen LogP contribution < -0.4 is 4.74 Å². The Morgan fingerprint density at radius 2 is 1.65 bits per heavy atom. The molecule has 0 radical (unpaired) electrons. The number of piperidine rings is 1. The molecule has 1 fully saturated rings. The maximum atomic E-state index is 11.5. The number of likely N-dealkylation sites (tertiary alicyclic amines) is 1. The second-order valence-corrected chi connectivity index (χ2v) is 7.36. The molecule has 4 nitrogen and oxygen atoms in total. The van der Waals surface area contributed by atoms with Crippen molar-refractivity contribution in [3.63, 3.8) is 0 Å². The zero-order valence-corrected chi connectivity index (χ0v) is 15.6. The zero-order valence-electron chi connectivity index (χ0n) is 15.6. The van der Waals surface area contributed by atoms with Crippen LogP contribution in [0.2, 0.25) is 0 Å². The van der Waals surface area contributed by atoms with E-state index in [0.717, 1.165) is 30.9 Å². The molecule has 0 aromatic heterocycles. The molecule has 2 unspecified atom stereocenters. The number of hydrogen-bond donors (Lipinski definition) is 1. The van der Waals surface area contributed by atoms with Gasteiger partial charge in [-0.25, -0.2) is 0 Å². The van der Waals surface area contributed by atoms with Crippen molar-refractivity contribution >= 4 is 0 Å². The van der Waals surface area contributed by atoms with Gasteiger partial charge in [0.05, 0.1) is 24.3 Å². The number of hydrogen-bond acceptors (Lipinski definition) is 4. The van der Waals surface area contributed by atoms with Gasteiger partial charge in [-0.2, -0.15) is 5.26 Å². The minimum atomic E-state index is -0.871. The van der Waals surface area contributed by atoms with Crippen molar-refractivity contribution in [3.05, 3.63) is 65.2 Å². The summed E-state index contributed by atoms with van der Waals surface area (Å²) < 4.78 is 5.22. The average molecular weight is 350 g/mol. The minimum Gasteiger partial charge on any atom is -0.497 e. The third-order valence-electron chi connectivity index (χ3n) is 5.61. The van der Waals surface area contributed by atoms with Crippen molar-refractivity contribution in [3.8, 4) is 11.8 Å². The van der Waals surface area contributed by atoms with Gasteiger partial charge in [0.25, 0.3) is 0 Å². The highest BCUT2D eigenvalue weighted by molar-refractivity contribution is 5.35. The minimum absolute atomic E-state index is 0.0948. The summed E-state index contributed by atoms with van der Waals surface area (Å²) in [5, 5.41) is 20.5. The van der Waals surface area contributed by atoms with Gasteiger partial charge in [0.15, 0.2) is 0 Å². The zero-order chi connectivity index (χ0) is 18.7. The van der Waals surface area contributed by atoms with E-state index < -0.39 is 5.60 Å². The molecule has 26 heavy (non-hydrogen) atoms. The Bertz CT molecular complexity index is 765. The lowest BCUT2D eigenvalue weighted by molar-refractivity contribution is -0.114. The smallest absolute Gasteiger partial charge is 0.118 e. The highest BCUT2D eigenvalue weighted by Gasteiger charge is 2.45. The first-order valence-corrected chi connectivity index (χ1v) is 9.05. The summed E-state index contributed by atoms with van der Waals surface area (Å²) in [4.78, 5) is 2.40. The number of nitriles is 1. The lowest BCUT2D eigenvalue weighted by Gasteiger charge is -2.48. The van der Waals surface area contributed by atoms with Crippen molar-refractivity contribution < 1.29 is 9.84 Å². The van der Waals surface area contributed by atoms with Gasteiger partial charge in [-0.3, -0.25) is 4.90 Å². The van der Waals surface area contributed by atoms with E-state index in [-0.39, 0.29) is 11.8 Å². The fraction of sp³-hybridized carbons (Fsp3) is 0.409. The molecule has 1 saturated heterocycles. The topological polar surface area (TPSA) is 56.5 Å². The predicted molar refractivity (Wildman–Crippen MR) is 102 cm³/mol. The Hall–Kier alpha value is -2.35. The molecule has 2 aromatic carbocycles. The Balaban J connectivity index is 1.74. The third-order valence-corrected chi connectivity index (χ3v) is 5.61. The van der Waals surface area contributed by atoms with Crippen LogP contribution in [-0.4, -0.2) is 30.2 Å². The molecule has 1 aliphatic heterocycles. The number of nitrogens with zero attached hydrogens (tertiary/aromatic N) is 2. The molecule has 0 saturated carbocycles. The number of ether oxygens (including phenoxy) is 1. The third kappa shape index (κ3) is 3.46. The van der Waals surface area contributed by atoms with Crippen molar-refractivity contribution in [2.24, 2.45) is 11.8 Å². The lowest BCUT2D eigenvalue weighted by Crippen LogP contribution is -2.54. The van der Waals surface area contributed by atoms with Crippen molar-refractivity contribution in [1.29, 1.82) is 5.26 Å². The largest absolute Gasteiger partial charge is 0.497 e. The van der Waals surface area contributed by atoms with Crippen LogP contribution >= 0.6 is 0 Å². The summed E-state index contributed by atoms with van der Waals surface area (Å²) in [6.45, 7) is 6.73. The van der Waals surface area contributed by atoms with E-state index >= 15 is 0 Å². The van der Waals surface area contributed by atoms with E-state index in [4.69, 9.17) is 10.00 Å². The fourth-order valence-electron chi connectivity index (χ4n) is 4.11. The van der Waals surface area contributed by atoms with Gasteiger partial charge in [0.2, 0.25) is 0 Å². The summed E-state index contributed by atoms with van der Waals surface area (Å²) in [6.07, 6.45) is 0. The maximum absolute atomic E-state index is 11.5. The van der Waals surface area contributed by atoms with E-state index in [1.54, 1.807) is 19.2 Å². The number of rotatable bonds is 4. The van der Waals surface area contributed by atoms with Crippen molar-refractivity contribution in [2.75, 3.05) is 20.2 Å². The molecule has 3 rings (SSSR count). The van der Waals surface area contributed by atoms with E-state index in [2.05, 4.69) is 36.9 Å². The SMILES string of the molecule is COc1ccc(CN2CC(C)C(O)(c3ccc(C#N)cc3)[C@@H](C)C2)cc1. The molecule has 0 spiro atoms. The van der Waals surface area contributed by atoms with Gasteiger partial charge >= 0.3 is 0 Å². The second-order valence-electron chi connectivity index (χ2n) is 7.36. The second kappa shape index (κ2) is 7.49. The van der Waals surface area contributed by atoms with E-state index in [1.807, 2.05) is 24.3 Å². The van der Waals surface area contributed by atoms with Crippen LogP contribution in [0, 0.1) is 23.2 Å². The van der Waals surface area contributed by atoms with Crippen molar-refractivity contribution in [2.45, 2.75) is 26.0 Å². The van der Waals surface area contributed by atoms with E-state index in [9.17, 15) is 5.11 Å². The van der Waals surface area contributed by atoms with Crippen LogP contribution in [0.5, 0.6) is 5.75 Å². The Morgan fingerprint density at radius 1 is 1.08 bits per heavy atom. The van der Waals surface area contributed by atoms with E-state index in [1.165, 1.54) is 5.56 Å². The summed E-state index contributed by atoms with van der Waals surface area (Å²) in [5.41, 5.74) is 1.90. The first-order valence-electron chi connectivity index (χ1n) is 9.05. The molecular formula is C22H26N2O2. The van der Waals surface area contributed by atoms with Crippen LogP contribution in [0.4, 0.5) is 0 Å². The van der Waals surface area contributed by atoms with Gasteiger partial charge in [0, 0.05) is 31.5 Å². The molecule has 4 heteroatoms. The van der Waals surface area contributed by atoms with Gasteiger partial charge < -0.3 is 9.84 Å². The van der Waals surface area contributed by atoms with Crippen LogP contribution in [0.1, 0.15) is 30.5 Å². The summed E-state index contributed by atoms with van der Waals surface area (Å²) in [7, 11) is 1.67. The molecule has 3 atom stereocenters. The molecule has 1 heterocycles. The van der Waals surface area contributed by atoms with Gasteiger partial charge in [-0.05, 0) is 35.4 Å². The van der Waals surface area contributed by atoms with Crippen LogP contribution in [0.3, 0.4) is 0 Å². The normalized spacial score (nSPS) is 26.3. The number of aliphatic hydroxyl groups is 1. The Labute approximate surface area is 155 Å². The van der Waals surface area contributed by atoms with Gasteiger partial charge in [-0.1, -0.05) is 38.1 Å². The molecule has 136 valence electrons. The summed E-state index contributed by atoms with van der Waals surface area (Å²) in [5.74, 6) is 1.05. The number of methoxy groups -OCH3 is 1. The van der Waals surface area contributed by atoms with Crippen molar-refractivity contribution in [1.82, 2.24) is 4.90 Å². The standard InChI is InChI=1S/C22H26N2O2/c1-16-13-24(15-19-6-10-21(26-3)11-7-19)14-17(2)22(16,25)20-8-4-18(12-23)5-9-20/h4-11,16-17,25H,13-15H2,1-3H3/t16-,17?,22?/m0/s1. The number of benzene rings is 2. The molecule has 0 aliphatic carbocycles.